The molecule has 1 aromatic carbocycles. The molecule has 11 nitrogen and oxygen atoms in total. The standard InChI is InChI=1S/C23H24F4N8O3/c1-13(11-36)35-20(30-31-32-35)18-4-3-5-19(28-18)29-21(37)16-8-15-10-34(7-6-14(15)9-17(16)24)22(38)33(2)12-23(25,26)27/h3-5,8-9,13,36H,6-7,10-12H2,1-2H3,(H,28,29,37). The van der Waals surface area contributed by atoms with Crippen molar-refractivity contribution in [3.63, 3.8) is 0 Å². The zero-order valence-electron chi connectivity index (χ0n) is 20.4. The summed E-state index contributed by atoms with van der Waals surface area (Å²) >= 11 is 0. The third kappa shape index (κ3) is 5.88. The van der Waals surface area contributed by atoms with E-state index in [0.29, 0.717) is 21.7 Å². The first-order valence-corrected chi connectivity index (χ1v) is 11.5. The van der Waals surface area contributed by atoms with Crippen LogP contribution in [0.4, 0.5) is 28.2 Å². The van der Waals surface area contributed by atoms with Gasteiger partial charge in [-0.05, 0) is 59.2 Å². The molecule has 1 unspecified atom stereocenters. The lowest BCUT2D eigenvalue weighted by molar-refractivity contribution is -0.138. The number of tetrazole rings is 1. The van der Waals surface area contributed by atoms with Crippen LogP contribution in [0.15, 0.2) is 30.3 Å². The number of rotatable bonds is 6. The molecule has 0 saturated carbocycles. The Hall–Kier alpha value is -4.14. The van der Waals surface area contributed by atoms with E-state index in [9.17, 15) is 32.3 Å². The number of fused-ring (bicyclic) bond motifs is 1. The molecule has 1 aliphatic rings. The Bertz CT molecular complexity index is 1350. The Kier molecular flexibility index (Phi) is 7.57. The molecule has 0 spiro atoms. The van der Waals surface area contributed by atoms with Crippen molar-refractivity contribution in [1.82, 2.24) is 35.0 Å². The smallest absolute Gasteiger partial charge is 0.394 e. The average Bonchev–Trinajstić information content (AvgIpc) is 3.36. The number of benzene rings is 1. The molecule has 3 amide bonds. The molecule has 202 valence electrons. The molecule has 15 heteroatoms. The minimum Gasteiger partial charge on any atom is -0.394 e. The number of carbonyl (C=O) groups is 2. The number of nitrogens with one attached hydrogen (secondary N) is 1. The third-order valence-corrected chi connectivity index (χ3v) is 5.95. The van der Waals surface area contributed by atoms with E-state index in [1.54, 1.807) is 19.1 Å². The largest absolute Gasteiger partial charge is 0.406 e. The van der Waals surface area contributed by atoms with Gasteiger partial charge in [-0.15, -0.1) is 5.10 Å². The number of alkyl halides is 3. The van der Waals surface area contributed by atoms with Crippen molar-refractivity contribution in [2.45, 2.75) is 32.1 Å². The average molecular weight is 536 g/mol. The molecule has 1 aliphatic heterocycles. The Morgan fingerprint density at radius 2 is 2.00 bits per heavy atom. The van der Waals surface area contributed by atoms with E-state index in [2.05, 4.69) is 25.8 Å². The van der Waals surface area contributed by atoms with Gasteiger partial charge in [-0.2, -0.15) is 13.2 Å². The number of pyridine rings is 1. The molecule has 0 radical (unpaired) electrons. The number of nitrogens with zero attached hydrogens (tertiary/aromatic N) is 7. The Balaban J connectivity index is 1.52. The molecule has 3 aromatic rings. The fraction of sp³-hybridized carbons (Fsp3) is 0.391. The van der Waals surface area contributed by atoms with Gasteiger partial charge in [0.05, 0.1) is 18.2 Å². The maximum Gasteiger partial charge on any atom is 0.406 e. The highest BCUT2D eigenvalue weighted by molar-refractivity contribution is 6.04. The van der Waals surface area contributed by atoms with Gasteiger partial charge in [0.2, 0.25) is 5.82 Å². The van der Waals surface area contributed by atoms with Crippen LogP contribution >= 0.6 is 0 Å². The second-order valence-corrected chi connectivity index (χ2v) is 8.87. The van der Waals surface area contributed by atoms with Crippen LogP contribution in [0.25, 0.3) is 11.5 Å². The zero-order chi connectivity index (χ0) is 27.6. The number of halogens is 4. The molecule has 2 N–H and O–H groups in total. The molecule has 38 heavy (non-hydrogen) atoms. The van der Waals surface area contributed by atoms with Gasteiger partial charge in [0, 0.05) is 20.1 Å². The molecule has 0 bridgehead atoms. The topological polar surface area (TPSA) is 129 Å². The number of carbonyl (C=O) groups excluding carboxylic acids is 2. The van der Waals surface area contributed by atoms with E-state index in [1.165, 1.54) is 27.8 Å². The summed E-state index contributed by atoms with van der Waals surface area (Å²) in [6.45, 7) is 0.130. The summed E-state index contributed by atoms with van der Waals surface area (Å²) in [4.78, 5) is 31.5. The number of hydrogen-bond donors (Lipinski definition) is 2. The predicted molar refractivity (Wildman–Crippen MR) is 125 cm³/mol. The highest BCUT2D eigenvalue weighted by Gasteiger charge is 2.34. The number of aromatic nitrogens is 5. The van der Waals surface area contributed by atoms with Crippen LogP contribution in [0.3, 0.4) is 0 Å². The summed E-state index contributed by atoms with van der Waals surface area (Å²) in [6.07, 6.45) is -4.31. The molecule has 3 heterocycles. The Morgan fingerprint density at radius 3 is 2.71 bits per heavy atom. The second kappa shape index (κ2) is 10.7. The lowest BCUT2D eigenvalue weighted by atomic mass is 9.96. The number of aliphatic hydroxyl groups is 1. The van der Waals surface area contributed by atoms with Crippen molar-refractivity contribution in [3.8, 4) is 11.5 Å². The van der Waals surface area contributed by atoms with Crippen molar-refractivity contribution < 1.29 is 32.3 Å². The number of amides is 3. The van der Waals surface area contributed by atoms with Crippen molar-refractivity contribution in [3.05, 3.63) is 52.8 Å². The van der Waals surface area contributed by atoms with Crippen LogP contribution in [0.2, 0.25) is 0 Å². The monoisotopic (exact) mass is 536 g/mol. The molecular weight excluding hydrogens is 512 g/mol. The minimum atomic E-state index is -4.54. The van der Waals surface area contributed by atoms with Gasteiger partial charge in [-0.1, -0.05) is 6.07 Å². The number of anilines is 1. The Morgan fingerprint density at radius 1 is 1.24 bits per heavy atom. The molecule has 1 atom stereocenters. The van der Waals surface area contributed by atoms with Crippen molar-refractivity contribution in [2.24, 2.45) is 0 Å². The number of urea groups is 1. The van der Waals surface area contributed by atoms with Crippen LogP contribution in [-0.2, 0) is 13.0 Å². The first-order valence-electron chi connectivity index (χ1n) is 11.5. The SMILES string of the molecule is CC(CO)n1nnnc1-c1cccc(NC(=O)c2cc3c(cc2F)CCN(C(=O)N(C)CC(F)(F)F)C3)n1. The van der Waals surface area contributed by atoms with Gasteiger partial charge in [0.1, 0.15) is 23.9 Å². The summed E-state index contributed by atoms with van der Waals surface area (Å²) in [5, 5.41) is 23.3. The first-order chi connectivity index (χ1) is 18.0. The van der Waals surface area contributed by atoms with Gasteiger partial charge in [0.25, 0.3) is 5.91 Å². The van der Waals surface area contributed by atoms with E-state index >= 15 is 0 Å². The summed E-state index contributed by atoms with van der Waals surface area (Å²) in [6, 6.07) is 5.91. The fourth-order valence-electron chi connectivity index (χ4n) is 4.04. The van der Waals surface area contributed by atoms with E-state index in [-0.39, 0.29) is 43.3 Å². The van der Waals surface area contributed by atoms with Crippen LogP contribution in [0, 0.1) is 5.82 Å². The van der Waals surface area contributed by atoms with E-state index < -0.39 is 36.5 Å². The van der Waals surface area contributed by atoms with Gasteiger partial charge < -0.3 is 20.2 Å². The lowest BCUT2D eigenvalue weighted by Gasteiger charge is -2.33. The van der Waals surface area contributed by atoms with Crippen LogP contribution in [0.5, 0.6) is 0 Å². The van der Waals surface area contributed by atoms with Crippen LogP contribution in [0.1, 0.15) is 34.5 Å². The molecule has 2 aromatic heterocycles. The fourth-order valence-corrected chi connectivity index (χ4v) is 4.04. The van der Waals surface area contributed by atoms with Crippen molar-refractivity contribution >= 4 is 17.8 Å². The van der Waals surface area contributed by atoms with Crippen LogP contribution in [-0.4, -0.2) is 85.0 Å². The van der Waals surface area contributed by atoms with Crippen molar-refractivity contribution in [1.29, 1.82) is 0 Å². The van der Waals surface area contributed by atoms with Crippen LogP contribution < -0.4 is 5.32 Å². The van der Waals surface area contributed by atoms with Gasteiger partial charge in [-0.3, -0.25) is 4.79 Å². The van der Waals surface area contributed by atoms with E-state index in [4.69, 9.17) is 0 Å². The van der Waals surface area contributed by atoms with Crippen molar-refractivity contribution in [2.75, 3.05) is 32.1 Å². The molecule has 0 fully saturated rings. The summed E-state index contributed by atoms with van der Waals surface area (Å²) in [5.74, 6) is -1.26. The quantitative estimate of drug-likeness (QED) is 0.464. The Labute approximate surface area is 214 Å². The molecule has 4 rings (SSSR count). The lowest BCUT2D eigenvalue weighted by Crippen LogP contribution is -2.46. The van der Waals surface area contributed by atoms with Gasteiger partial charge >= 0.3 is 12.2 Å². The number of aliphatic hydroxyl groups excluding tert-OH is 1. The molecular formula is C23H24F4N8O3. The summed E-state index contributed by atoms with van der Waals surface area (Å²) < 4.78 is 54.3. The highest BCUT2D eigenvalue weighted by atomic mass is 19.4. The van der Waals surface area contributed by atoms with E-state index in [1.807, 2.05) is 0 Å². The maximum absolute atomic E-state index is 14.8. The molecule has 0 saturated heterocycles. The highest BCUT2D eigenvalue weighted by Crippen LogP contribution is 2.25. The van der Waals surface area contributed by atoms with E-state index in [0.717, 1.165) is 7.05 Å². The third-order valence-electron chi connectivity index (χ3n) is 5.95. The van der Waals surface area contributed by atoms with Gasteiger partial charge in [-0.25, -0.2) is 18.9 Å². The predicted octanol–water partition coefficient (Wildman–Crippen LogP) is 2.65. The molecule has 0 aliphatic carbocycles. The maximum atomic E-state index is 14.8. The van der Waals surface area contributed by atoms with Gasteiger partial charge in [0.15, 0.2) is 0 Å². The number of hydrogen-bond acceptors (Lipinski definition) is 7. The first kappa shape index (κ1) is 26.9. The second-order valence-electron chi connectivity index (χ2n) is 8.87. The normalized spacial score (nSPS) is 14.1. The zero-order valence-corrected chi connectivity index (χ0v) is 20.4. The summed E-state index contributed by atoms with van der Waals surface area (Å²) in [7, 11) is 1.05. The minimum absolute atomic E-state index is 0.0731. The summed E-state index contributed by atoms with van der Waals surface area (Å²) in [5.41, 5.74) is 1.01.